The predicted molar refractivity (Wildman–Crippen MR) is 91.6 cm³/mol. The first-order valence-corrected chi connectivity index (χ1v) is 7.91. The number of hydrogen-bond donors (Lipinski definition) is 1. The Morgan fingerprint density at radius 1 is 1.19 bits per heavy atom. The van der Waals surface area contributed by atoms with Crippen LogP contribution in [0.4, 0.5) is 0 Å². The molecule has 3 nitrogen and oxygen atoms in total. The van der Waals surface area contributed by atoms with Crippen molar-refractivity contribution in [2.75, 3.05) is 5.75 Å². The number of aromatic nitrogens is 1. The van der Waals surface area contributed by atoms with E-state index in [1.165, 1.54) is 0 Å². The number of hydrogen-bond acceptors (Lipinski definition) is 4. The molecular formula is C16H24BNO2S. The standard InChI is InChI=1S/C16H24BNO2S/c1-11-7-8-13(12(2)18-11)9-14(10-21)17-19-15(3,4)16(5,6)20-17/h7-9,21H,10H2,1-6H3. The Kier molecular flexibility index (Phi) is 4.57. The van der Waals surface area contributed by atoms with Gasteiger partial charge in [0.05, 0.1) is 11.2 Å². The van der Waals surface area contributed by atoms with Crippen molar-refractivity contribution in [3.05, 3.63) is 34.6 Å². The van der Waals surface area contributed by atoms with Crippen LogP contribution in [0.5, 0.6) is 0 Å². The van der Waals surface area contributed by atoms with Crippen molar-refractivity contribution < 1.29 is 9.31 Å². The smallest absolute Gasteiger partial charge is 0.400 e. The molecule has 0 amide bonds. The molecule has 1 aliphatic rings. The van der Waals surface area contributed by atoms with Crippen LogP contribution in [-0.2, 0) is 9.31 Å². The van der Waals surface area contributed by atoms with Gasteiger partial charge in [-0.2, -0.15) is 12.6 Å². The largest absolute Gasteiger partial charge is 0.491 e. The summed E-state index contributed by atoms with van der Waals surface area (Å²) in [5.74, 6) is 0.587. The third-order valence-corrected chi connectivity index (χ3v) is 4.71. The molecule has 0 radical (unpaired) electrons. The first-order chi connectivity index (χ1) is 9.66. The summed E-state index contributed by atoms with van der Waals surface area (Å²) in [6.45, 7) is 12.2. The fourth-order valence-corrected chi connectivity index (χ4v) is 2.47. The second-order valence-corrected chi connectivity index (χ2v) is 6.91. The molecule has 1 aromatic heterocycles. The van der Waals surface area contributed by atoms with Crippen LogP contribution in [0.25, 0.3) is 6.08 Å². The van der Waals surface area contributed by atoms with Gasteiger partial charge in [-0.15, -0.1) is 0 Å². The van der Waals surface area contributed by atoms with Crippen LogP contribution >= 0.6 is 12.6 Å². The highest BCUT2D eigenvalue weighted by molar-refractivity contribution is 7.80. The molecule has 0 unspecified atom stereocenters. The van der Waals surface area contributed by atoms with Crippen LogP contribution < -0.4 is 0 Å². The number of thiol groups is 1. The van der Waals surface area contributed by atoms with E-state index in [0.29, 0.717) is 5.75 Å². The summed E-state index contributed by atoms with van der Waals surface area (Å²) in [6.07, 6.45) is 2.08. The molecule has 0 bridgehead atoms. The lowest BCUT2D eigenvalue weighted by molar-refractivity contribution is 0.00578. The molecule has 0 atom stereocenters. The average Bonchev–Trinajstić information content (AvgIpc) is 2.57. The van der Waals surface area contributed by atoms with Gasteiger partial charge in [0.15, 0.2) is 0 Å². The molecule has 21 heavy (non-hydrogen) atoms. The first-order valence-electron chi connectivity index (χ1n) is 7.27. The van der Waals surface area contributed by atoms with Crippen LogP contribution in [0.1, 0.15) is 44.6 Å². The molecule has 0 saturated carbocycles. The maximum Gasteiger partial charge on any atom is 0.491 e. The Bertz CT molecular complexity index is 553. The third-order valence-electron chi connectivity index (χ3n) is 4.35. The van der Waals surface area contributed by atoms with Crippen LogP contribution in [0.15, 0.2) is 17.6 Å². The number of rotatable bonds is 3. The monoisotopic (exact) mass is 305 g/mol. The number of nitrogens with zero attached hydrogens (tertiary/aromatic N) is 1. The van der Waals surface area contributed by atoms with E-state index in [4.69, 9.17) is 9.31 Å². The van der Waals surface area contributed by atoms with Gasteiger partial charge in [-0.1, -0.05) is 12.1 Å². The van der Waals surface area contributed by atoms with E-state index in [0.717, 1.165) is 22.4 Å². The lowest BCUT2D eigenvalue weighted by Crippen LogP contribution is -2.41. The summed E-state index contributed by atoms with van der Waals surface area (Å²) >= 11 is 4.44. The zero-order chi connectivity index (χ0) is 15.8. The van der Waals surface area contributed by atoms with Crippen molar-refractivity contribution >= 4 is 25.8 Å². The van der Waals surface area contributed by atoms with E-state index in [1.54, 1.807) is 0 Å². The summed E-state index contributed by atoms with van der Waals surface area (Å²) in [5, 5.41) is 0. The molecule has 0 aliphatic carbocycles. The fraction of sp³-hybridized carbons (Fsp3) is 0.562. The van der Waals surface area contributed by atoms with Crippen LogP contribution in [0.2, 0.25) is 0 Å². The predicted octanol–water partition coefficient (Wildman–Crippen LogP) is 3.64. The minimum atomic E-state index is -0.354. The summed E-state index contributed by atoms with van der Waals surface area (Å²) in [6, 6.07) is 4.09. The van der Waals surface area contributed by atoms with Crippen LogP contribution in [0, 0.1) is 13.8 Å². The Balaban J connectivity index is 2.31. The highest BCUT2D eigenvalue weighted by Gasteiger charge is 2.52. The summed E-state index contributed by atoms with van der Waals surface area (Å²) in [5.41, 5.74) is 3.46. The number of pyridine rings is 1. The van der Waals surface area contributed by atoms with Crippen molar-refractivity contribution in [3.8, 4) is 0 Å². The van der Waals surface area contributed by atoms with Gasteiger partial charge in [0.25, 0.3) is 0 Å². The molecule has 1 saturated heterocycles. The Labute approximate surface area is 133 Å². The lowest BCUT2D eigenvalue weighted by atomic mass is 9.78. The molecule has 2 heterocycles. The molecule has 1 aromatic rings. The minimum absolute atomic E-state index is 0.333. The van der Waals surface area contributed by atoms with E-state index in [2.05, 4.69) is 57.5 Å². The molecule has 5 heteroatoms. The Morgan fingerprint density at radius 3 is 2.24 bits per heavy atom. The SMILES string of the molecule is Cc1ccc(C=C(CS)B2OC(C)(C)C(C)(C)O2)c(C)n1. The van der Waals surface area contributed by atoms with Crippen molar-refractivity contribution in [3.63, 3.8) is 0 Å². The molecule has 0 aromatic carbocycles. The van der Waals surface area contributed by atoms with Gasteiger partial charge in [0.1, 0.15) is 0 Å². The van der Waals surface area contributed by atoms with Crippen molar-refractivity contribution in [2.45, 2.75) is 52.7 Å². The lowest BCUT2D eigenvalue weighted by Gasteiger charge is -2.32. The normalized spacial score (nSPS) is 20.9. The van der Waals surface area contributed by atoms with Gasteiger partial charge in [-0.05, 0) is 58.6 Å². The maximum absolute atomic E-state index is 6.09. The van der Waals surface area contributed by atoms with E-state index >= 15 is 0 Å². The second kappa shape index (κ2) is 5.78. The maximum atomic E-state index is 6.09. The summed E-state index contributed by atoms with van der Waals surface area (Å²) in [4.78, 5) is 4.49. The van der Waals surface area contributed by atoms with E-state index in [-0.39, 0.29) is 18.3 Å². The molecule has 2 rings (SSSR count). The third kappa shape index (κ3) is 3.36. The van der Waals surface area contributed by atoms with Crippen LogP contribution in [-0.4, -0.2) is 29.1 Å². The minimum Gasteiger partial charge on any atom is -0.400 e. The summed E-state index contributed by atoms with van der Waals surface area (Å²) < 4.78 is 12.2. The summed E-state index contributed by atoms with van der Waals surface area (Å²) in [7, 11) is -0.354. The van der Waals surface area contributed by atoms with Gasteiger partial charge in [0, 0.05) is 17.1 Å². The number of aryl methyl sites for hydroxylation is 2. The van der Waals surface area contributed by atoms with Gasteiger partial charge in [-0.3, -0.25) is 4.98 Å². The molecule has 114 valence electrons. The first kappa shape index (κ1) is 16.6. The average molecular weight is 305 g/mol. The van der Waals surface area contributed by atoms with Gasteiger partial charge in [-0.25, -0.2) is 0 Å². The molecular weight excluding hydrogens is 281 g/mol. The fourth-order valence-electron chi connectivity index (χ4n) is 2.23. The van der Waals surface area contributed by atoms with E-state index in [9.17, 15) is 0 Å². The van der Waals surface area contributed by atoms with Gasteiger partial charge < -0.3 is 9.31 Å². The van der Waals surface area contributed by atoms with Gasteiger partial charge in [0.2, 0.25) is 0 Å². The zero-order valence-corrected chi connectivity index (χ0v) is 14.6. The van der Waals surface area contributed by atoms with E-state index in [1.807, 2.05) is 19.9 Å². The molecule has 0 spiro atoms. The Morgan fingerprint density at radius 2 is 1.76 bits per heavy atom. The van der Waals surface area contributed by atoms with Crippen molar-refractivity contribution in [1.29, 1.82) is 0 Å². The highest BCUT2D eigenvalue weighted by atomic mass is 32.1. The highest BCUT2D eigenvalue weighted by Crippen LogP contribution is 2.39. The quantitative estimate of drug-likeness (QED) is 0.683. The second-order valence-electron chi connectivity index (χ2n) is 6.59. The molecule has 1 aliphatic heterocycles. The molecule has 1 fully saturated rings. The zero-order valence-electron chi connectivity index (χ0n) is 13.7. The molecule has 0 N–H and O–H groups in total. The van der Waals surface area contributed by atoms with E-state index < -0.39 is 0 Å². The van der Waals surface area contributed by atoms with Crippen molar-refractivity contribution in [2.24, 2.45) is 0 Å². The Hall–Kier alpha value is -0.775. The van der Waals surface area contributed by atoms with Crippen molar-refractivity contribution in [1.82, 2.24) is 4.98 Å². The van der Waals surface area contributed by atoms with Gasteiger partial charge >= 0.3 is 7.12 Å². The topological polar surface area (TPSA) is 31.4 Å². The van der Waals surface area contributed by atoms with Crippen LogP contribution in [0.3, 0.4) is 0 Å².